The van der Waals surface area contributed by atoms with Gasteiger partial charge in [-0.05, 0) is 36.2 Å². The molecule has 0 aliphatic heterocycles. The van der Waals surface area contributed by atoms with Gasteiger partial charge in [-0.2, -0.15) is 0 Å². The molecule has 0 spiro atoms. The van der Waals surface area contributed by atoms with Gasteiger partial charge in [-0.25, -0.2) is 4.39 Å². The first kappa shape index (κ1) is 14.0. The number of ketones is 1. The lowest BCUT2D eigenvalue weighted by Crippen LogP contribution is -2.26. The van der Waals surface area contributed by atoms with Gasteiger partial charge in [0.05, 0.1) is 5.69 Å². The number of carbonyl (C=O) groups excluding carboxylic acids is 2. The van der Waals surface area contributed by atoms with Crippen LogP contribution in [0.2, 0.25) is 0 Å². The molecule has 0 bridgehead atoms. The van der Waals surface area contributed by atoms with E-state index < -0.39 is 0 Å². The van der Waals surface area contributed by atoms with Gasteiger partial charge in [0.1, 0.15) is 11.5 Å². The third-order valence-electron chi connectivity index (χ3n) is 2.92. The highest BCUT2D eigenvalue weighted by molar-refractivity contribution is 5.97. The van der Waals surface area contributed by atoms with Crippen molar-refractivity contribution in [1.29, 1.82) is 0 Å². The summed E-state index contributed by atoms with van der Waals surface area (Å²) in [6.07, 6.45) is 0.617. The first-order chi connectivity index (χ1) is 9.56. The molecular formula is C15H15FN2O2. The van der Waals surface area contributed by atoms with Crippen LogP contribution >= 0.6 is 0 Å². The van der Waals surface area contributed by atoms with Crippen molar-refractivity contribution in [2.24, 2.45) is 0 Å². The van der Waals surface area contributed by atoms with Gasteiger partial charge in [0.15, 0.2) is 5.78 Å². The van der Waals surface area contributed by atoms with Gasteiger partial charge in [0.2, 0.25) is 0 Å². The summed E-state index contributed by atoms with van der Waals surface area (Å²) in [5.41, 5.74) is 1.71. The number of aromatic amines is 1. The quantitative estimate of drug-likeness (QED) is 0.822. The van der Waals surface area contributed by atoms with E-state index in [1.165, 1.54) is 19.1 Å². The fourth-order valence-electron chi connectivity index (χ4n) is 1.80. The molecule has 0 radical (unpaired) electrons. The number of Topliss-reactive ketones (excluding diaryl/α,β-unsaturated/α-hetero) is 1. The number of rotatable bonds is 5. The topological polar surface area (TPSA) is 62.0 Å². The van der Waals surface area contributed by atoms with E-state index in [4.69, 9.17) is 0 Å². The van der Waals surface area contributed by atoms with Crippen LogP contribution in [0, 0.1) is 5.82 Å². The van der Waals surface area contributed by atoms with Crippen LogP contribution in [0.1, 0.15) is 33.5 Å². The van der Waals surface area contributed by atoms with Gasteiger partial charge in [0, 0.05) is 13.5 Å². The lowest BCUT2D eigenvalue weighted by Gasteiger charge is -2.04. The summed E-state index contributed by atoms with van der Waals surface area (Å²) in [6, 6.07) is 9.30. The van der Waals surface area contributed by atoms with Gasteiger partial charge in [-0.3, -0.25) is 9.59 Å². The van der Waals surface area contributed by atoms with E-state index in [1.807, 2.05) is 0 Å². The van der Waals surface area contributed by atoms with E-state index in [-0.39, 0.29) is 17.5 Å². The Morgan fingerprint density at radius 1 is 1.10 bits per heavy atom. The first-order valence-electron chi connectivity index (χ1n) is 6.29. The molecule has 0 fully saturated rings. The van der Waals surface area contributed by atoms with Crippen molar-refractivity contribution in [1.82, 2.24) is 10.3 Å². The van der Waals surface area contributed by atoms with E-state index in [1.54, 1.807) is 24.3 Å². The van der Waals surface area contributed by atoms with Gasteiger partial charge in [-0.15, -0.1) is 0 Å². The van der Waals surface area contributed by atoms with Crippen molar-refractivity contribution >= 4 is 11.7 Å². The summed E-state index contributed by atoms with van der Waals surface area (Å²) in [5, 5.41) is 2.74. The number of carbonyl (C=O) groups is 2. The number of halogens is 1. The van der Waals surface area contributed by atoms with Crippen LogP contribution in [0.3, 0.4) is 0 Å². The van der Waals surface area contributed by atoms with Gasteiger partial charge in [0.25, 0.3) is 5.91 Å². The highest BCUT2D eigenvalue weighted by atomic mass is 19.1. The predicted octanol–water partition coefficient (Wildman–Crippen LogP) is 2.33. The molecule has 5 heteroatoms. The van der Waals surface area contributed by atoms with Crippen LogP contribution in [0.5, 0.6) is 0 Å². The molecule has 0 aliphatic carbocycles. The van der Waals surface area contributed by atoms with Gasteiger partial charge >= 0.3 is 0 Å². The highest BCUT2D eigenvalue weighted by Gasteiger charge is 2.09. The lowest BCUT2D eigenvalue weighted by molar-refractivity contribution is 0.0949. The molecule has 104 valence electrons. The van der Waals surface area contributed by atoms with Crippen molar-refractivity contribution in [3.05, 3.63) is 59.2 Å². The van der Waals surface area contributed by atoms with E-state index in [0.29, 0.717) is 24.4 Å². The van der Waals surface area contributed by atoms with Crippen molar-refractivity contribution < 1.29 is 14.0 Å². The van der Waals surface area contributed by atoms with Crippen LogP contribution in [0.4, 0.5) is 4.39 Å². The Balaban J connectivity index is 1.85. The van der Waals surface area contributed by atoms with E-state index in [0.717, 1.165) is 5.56 Å². The SMILES string of the molecule is CC(=O)c1ccc(C(=O)NCCc2ccc(F)cc2)[nH]1. The zero-order chi connectivity index (χ0) is 14.5. The minimum Gasteiger partial charge on any atom is -0.350 e. The van der Waals surface area contributed by atoms with Crippen molar-refractivity contribution in [3.8, 4) is 0 Å². The van der Waals surface area contributed by atoms with Crippen LogP contribution in [-0.4, -0.2) is 23.2 Å². The second-order valence-electron chi connectivity index (χ2n) is 4.47. The van der Waals surface area contributed by atoms with Crippen LogP contribution in [-0.2, 0) is 6.42 Å². The molecule has 1 amide bonds. The summed E-state index contributed by atoms with van der Waals surface area (Å²) in [5.74, 6) is -0.657. The van der Waals surface area contributed by atoms with Gasteiger partial charge < -0.3 is 10.3 Å². The second kappa shape index (κ2) is 6.14. The normalized spacial score (nSPS) is 10.3. The Kier molecular flexibility index (Phi) is 4.30. The molecule has 1 aromatic heterocycles. The number of benzene rings is 1. The number of nitrogens with one attached hydrogen (secondary N) is 2. The Morgan fingerprint density at radius 3 is 2.35 bits per heavy atom. The predicted molar refractivity (Wildman–Crippen MR) is 73.2 cm³/mol. The maximum atomic E-state index is 12.7. The Hall–Kier alpha value is -2.43. The molecule has 0 aliphatic rings. The Morgan fingerprint density at radius 2 is 1.75 bits per heavy atom. The molecule has 1 aromatic carbocycles. The molecule has 1 heterocycles. The average molecular weight is 274 g/mol. The van der Waals surface area contributed by atoms with Gasteiger partial charge in [-0.1, -0.05) is 12.1 Å². The largest absolute Gasteiger partial charge is 0.350 e. The minimum absolute atomic E-state index is 0.115. The molecule has 2 rings (SSSR count). The molecule has 0 saturated heterocycles. The molecule has 0 saturated carbocycles. The Labute approximate surface area is 116 Å². The smallest absolute Gasteiger partial charge is 0.267 e. The fourth-order valence-corrected chi connectivity index (χ4v) is 1.80. The third kappa shape index (κ3) is 3.54. The minimum atomic E-state index is -0.277. The number of hydrogen-bond acceptors (Lipinski definition) is 2. The number of aromatic nitrogens is 1. The maximum absolute atomic E-state index is 12.7. The summed E-state index contributed by atoms with van der Waals surface area (Å²) < 4.78 is 12.7. The van der Waals surface area contributed by atoms with Crippen molar-refractivity contribution in [3.63, 3.8) is 0 Å². The Bertz CT molecular complexity index is 617. The van der Waals surface area contributed by atoms with Crippen LogP contribution in [0.25, 0.3) is 0 Å². The molecular weight excluding hydrogens is 259 g/mol. The van der Waals surface area contributed by atoms with Crippen molar-refractivity contribution in [2.45, 2.75) is 13.3 Å². The summed E-state index contributed by atoms with van der Waals surface area (Å²) >= 11 is 0. The second-order valence-corrected chi connectivity index (χ2v) is 4.47. The zero-order valence-corrected chi connectivity index (χ0v) is 11.1. The molecule has 2 N–H and O–H groups in total. The van der Waals surface area contributed by atoms with Crippen LogP contribution in [0.15, 0.2) is 36.4 Å². The number of H-pyrrole nitrogens is 1. The van der Waals surface area contributed by atoms with E-state index in [9.17, 15) is 14.0 Å². The van der Waals surface area contributed by atoms with Crippen molar-refractivity contribution in [2.75, 3.05) is 6.54 Å². The summed E-state index contributed by atoms with van der Waals surface area (Å²) in [6.45, 7) is 1.88. The maximum Gasteiger partial charge on any atom is 0.267 e. The first-order valence-corrected chi connectivity index (χ1v) is 6.29. The standard InChI is InChI=1S/C15H15FN2O2/c1-10(19)13-6-7-14(18-13)15(20)17-9-8-11-2-4-12(16)5-3-11/h2-7,18H,8-9H2,1H3,(H,17,20). The molecule has 0 atom stereocenters. The monoisotopic (exact) mass is 274 g/mol. The highest BCUT2D eigenvalue weighted by Crippen LogP contribution is 2.04. The summed E-state index contributed by atoms with van der Waals surface area (Å²) in [7, 11) is 0. The third-order valence-corrected chi connectivity index (χ3v) is 2.92. The molecule has 0 unspecified atom stereocenters. The summed E-state index contributed by atoms with van der Waals surface area (Å²) in [4.78, 5) is 25.7. The lowest BCUT2D eigenvalue weighted by atomic mass is 10.1. The zero-order valence-electron chi connectivity index (χ0n) is 11.1. The molecule has 20 heavy (non-hydrogen) atoms. The molecule has 2 aromatic rings. The fraction of sp³-hybridized carbons (Fsp3) is 0.200. The molecule has 4 nitrogen and oxygen atoms in total. The van der Waals surface area contributed by atoms with Crippen LogP contribution < -0.4 is 5.32 Å². The van der Waals surface area contributed by atoms with E-state index >= 15 is 0 Å². The number of amides is 1. The average Bonchev–Trinajstić information content (AvgIpc) is 2.91. The van der Waals surface area contributed by atoms with E-state index in [2.05, 4.69) is 10.3 Å². The number of hydrogen-bond donors (Lipinski definition) is 2.